The lowest BCUT2D eigenvalue weighted by molar-refractivity contribution is 0.0696. The van der Waals surface area contributed by atoms with E-state index in [4.69, 9.17) is 5.11 Å². The number of rotatable bonds is 3. The Morgan fingerprint density at radius 3 is 2.56 bits per heavy atom. The van der Waals surface area contributed by atoms with E-state index in [1.54, 1.807) is 0 Å². The Hall–Kier alpha value is -2.15. The van der Waals surface area contributed by atoms with Crippen LogP contribution in [0.4, 0.5) is 0 Å². The first-order valence-corrected chi connectivity index (χ1v) is 4.92. The van der Waals surface area contributed by atoms with Crippen LogP contribution in [0.15, 0.2) is 24.7 Å². The van der Waals surface area contributed by atoms with Gasteiger partial charge in [-0.15, -0.1) is 0 Å². The van der Waals surface area contributed by atoms with Crippen LogP contribution in [-0.2, 0) is 0 Å². The molecule has 0 atom stereocenters. The van der Waals surface area contributed by atoms with Gasteiger partial charge < -0.3 is 5.11 Å². The molecule has 0 bridgehead atoms. The third-order valence-electron chi connectivity index (χ3n) is 1.84. The fraction of sp³-hybridized carbons (Fsp3) is 0. The zero-order valence-electron chi connectivity index (χ0n) is 7.82. The number of pyridine rings is 1. The molecule has 7 heteroatoms. The largest absolute Gasteiger partial charge is 0.478 e. The molecule has 0 aliphatic rings. The predicted octanol–water partition coefficient (Wildman–Crippen LogP) is 0.862. The van der Waals surface area contributed by atoms with Crippen LogP contribution < -0.4 is 0 Å². The normalized spacial score (nSPS) is 10.0. The number of aromatic carboxylic acids is 1. The summed E-state index contributed by atoms with van der Waals surface area (Å²) in [5, 5.41) is 8.74. The van der Waals surface area contributed by atoms with Crippen molar-refractivity contribution in [3.8, 4) is 0 Å². The molecule has 2 rings (SSSR count). The second-order valence-corrected chi connectivity index (χ2v) is 3.45. The van der Waals surface area contributed by atoms with Gasteiger partial charge in [0.2, 0.25) is 5.78 Å². The monoisotopic (exact) mass is 235 g/mol. The number of carbonyl (C=O) groups is 2. The highest BCUT2D eigenvalue weighted by molar-refractivity contribution is 6.99. The minimum absolute atomic E-state index is 0.0333. The molecule has 0 saturated heterocycles. The van der Waals surface area contributed by atoms with E-state index in [-0.39, 0.29) is 22.6 Å². The lowest BCUT2D eigenvalue weighted by atomic mass is 10.1. The summed E-state index contributed by atoms with van der Waals surface area (Å²) in [5.41, 5.74) is 0.343. The molecule has 6 nitrogen and oxygen atoms in total. The molecule has 0 spiro atoms. The smallest absolute Gasteiger partial charge is 0.337 e. The molecular weight excluding hydrogens is 230 g/mol. The van der Waals surface area contributed by atoms with Crippen molar-refractivity contribution in [2.24, 2.45) is 0 Å². The lowest BCUT2D eigenvalue weighted by Crippen LogP contribution is -2.05. The molecule has 80 valence electrons. The van der Waals surface area contributed by atoms with Crippen molar-refractivity contribution in [1.29, 1.82) is 0 Å². The maximum absolute atomic E-state index is 11.8. The molecule has 16 heavy (non-hydrogen) atoms. The second kappa shape index (κ2) is 4.15. The van der Waals surface area contributed by atoms with Gasteiger partial charge in [0.15, 0.2) is 0 Å². The summed E-state index contributed by atoms with van der Waals surface area (Å²) in [6.07, 6.45) is 3.81. The van der Waals surface area contributed by atoms with Crippen molar-refractivity contribution in [1.82, 2.24) is 13.7 Å². The first-order valence-electron chi connectivity index (χ1n) is 4.19. The van der Waals surface area contributed by atoms with E-state index < -0.39 is 5.97 Å². The summed E-state index contributed by atoms with van der Waals surface area (Å²) < 4.78 is 7.47. The van der Waals surface area contributed by atoms with Gasteiger partial charge in [-0.25, -0.2) is 4.79 Å². The molecule has 0 aliphatic heterocycles. The molecule has 2 heterocycles. The summed E-state index contributed by atoms with van der Waals surface area (Å²) in [5.74, 6) is -1.51. The van der Waals surface area contributed by atoms with Crippen LogP contribution in [0, 0.1) is 0 Å². The van der Waals surface area contributed by atoms with Crippen LogP contribution in [0.3, 0.4) is 0 Å². The number of carbonyl (C=O) groups excluding carboxylic acids is 1. The van der Waals surface area contributed by atoms with E-state index in [1.165, 1.54) is 24.7 Å². The zero-order chi connectivity index (χ0) is 11.5. The Morgan fingerprint density at radius 1 is 1.19 bits per heavy atom. The summed E-state index contributed by atoms with van der Waals surface area (Å²) in [6.45, 7) is 0. The number of hydrogen-bond donors (Lipinski definition) is 1. The van der Waals surface area contributed by atoms with Gasteiger partial charge >= 0.3 is 5.97 Å². The van der Waals surface area contributed by atoms with Crippen LogP contribution in [-0.4, -0.2) is 30.6 Å². The van der Waals surface area contributed by atoms with Gasteiger partial charge in [-0.2, -0.15) is 8.75 Å². The van der Waals surface area contributed by atoms with Crippen molar-refractivity contribution in [3.05, 3.63) is 41.5 Å². The molecule has 0 radical (unpaired) electrons. The number of carboxylic acid groups (broad SMARTS) is 1. The molecular formula is C9H5N3O3S. The third-order valence-corrected chi connectivity index (χ3v) is 2.32. The molecule has 1 N–H and O–H groups in total. The lowest BCUT2D eigenvalue weighted by Gasteiger charge is -1.98. The molecule has 2 aromatic rings. The fourth-order valence-electron chi connectivity index (χ4n) is 1.09. The van der Waals surface area contributed by atoms with Gasteiger partial charge in [0.25, 0.3) is 0 Å². The van der Waals surface area contributed by atoms with Crippen molar-refractivity contribution in [2.75, 3.05) is 0 Å². The van der Waals surface area contributed by atoms with Gasteiger partial charge in [-0.1, -0.05) is 0 Å². The quantitative estimate of drug-likeness (QED) is 0.793. The van der Waals surface area contributed by atoms with Crippen molar-refractivity contribution >= 4 is 23.5 Å². The maximum atomic E-state index is 11.8. The second-order valence-electron chi connectivity index (χ2n) is 2.89. The number of hydrogen-bond acceptors (Lipinski definition) is 6. The first-order chi connectivity index (χ1) is 7.68. The van der Waals surface area contributed by atoms with Crippen LogP contribution in [0.5, 0.6) is 0 Å². The van der Waals surface area contributed by atoms with E-state index in [0.29, 0.717) is 0 Å². The van der Waals surface area contributed by atoms with Gasteiger partial charge in [-0.05, 0) is 6.07 Å². The highest BCUT2D eigenvalue weighted by Gasteiger charge is 2.14. The van der Waals surface area contributed by atoms with E-state index >= 15 is 0 Å². The highest BCUT2D eigenvalue weighted by atomic mass is 32.1. The topological polar surface area (TPSA) is 93.0 Å². The molecule has 2 aromatic heterocycles. The van der Waals surface area contributed by atoms with Gasteiger partial charge in [0, 0.05) is 18.0 Å². The minimum Gasteiger partial charge on any atom is -0.478 e. The Labute approximate surface area is 93.9 Å². The molecule has 0 aliphatic carbocycles. The van der Waals surface area contributed by atoms with Crippen molar-refractivity contribution in [3.63, 3.8) is 0 Å². The van der Waals surface area contributed by atoms with Gasteiger partial charge in [0.1, 0.15) is 5.69 Å². The van der Waals surface area contributed by atoms with Crippen molar-refractivity contribution in [2.45, 2.75) is 0 Å². The first kappa shape index (κ1) is 10.4. The Bertz CT molecular complexity index is 539. The summed E-state index contributed by atoms with van der Waals surface area (Å²) in [4.78, 5) is 26.1. The summed E-state index contributed by atoms with van der Waals surface area (Å²) in [6, 6.07) is 1.26. The van der Waals surface area contributed by atoms with Gasteiger partial charge in [0.05, 0.1) is 23.5 Å². The molecule has 0 unspecified atom stereocenters. The minimum atomic E-state index is -1.13. The highest BCUT2D eigenvalue weighted by Crippen LogP contribution is 2.09. The summed E-state index contributed by atoms with van der Waals surface area (Å²) >= 11 is 0.916. The molecule has 0 amide bonds. The van der Waals surface area contributed by atoms with Gasteiger partial charge in [-0.3, -0.25) is 9.78 Å². The van der Waals surface area contributed by atoms with E-state index in [0.717, 1.165) is 11.7 Å². The Balaban J connectivity index is 2.38. The third kappa shape index (κ3) is 1.94. The van der Waals surface area contributed by atoms with E-state index in [1.807, 2.05) is 0 Å². The summed E-state index contributed by atoms with van der Waals surface area (Å²) in [7, 11) is 0. The average molecular weight is 235 g/mol. The molecule has 0 aromatic carbocycles. The zero-order valence-corrected chi connectivity index (χ0v) is 8.64. The average Bonchev–Trinajstić information content (AvgIpc) is 2.81. The van der Waals surface area contributed by atoms with Crippen LogP contribution in [0.25, 0.3) is 0 Å². The van der Waals surface area contributed by atoms with Crippen LogP contribution in [0.2, 0.25) is 0 Å². The fourth-order valence-corrected chi connectivity index (χ4v) is 1.51. The predicted molar refractivity (Wildman–Crippen MR) is 54.5 cm³/mol. The van der Waals surface area contributed by atoms with Crippen molar-refractivity contribution < 1.29 is 14.7 Å². The van der Waals surface area contributed by atoms with E-state index in [9.17, 15) is 9.59 Å². The van der Waals surface area contributed by atoms with Crippen LogP contribution in [0.1, 0.15) is 26.4 Å². The number of carboxylic acids is 1. The molecule has 0 fully saturated rings. The SMILES string of the molecule is O=C(O)c1cncc(C(=O)c2cnsn2)c1. The number of nitrogens with zero attached hydrogens (tertiary/aromatic N) is 3. The molecule has 0 saturated carbocycles. The van der Waals surface area contributed by atoms with Crippen LogP contribution >= 0.6 is 11.7 Å². The Kier molecular flexibility index (Phi) is 2.69. The number of aromatic nitrogens is 3. The van der Waals surface area contributed by atoms with E-state index in [2.05, 4.69) is 13.7 Å². The Morgan fingerprint density at radius 2 is 1.94 bits per heavy atom. The maximum Gasteiger partial charge on any atom is 0.337 e. The number of ketones is 1. The standard InChI is InChI=1S/C9H5N3O3S/c13-8(7-4-11-16-12-7)5-1-6(9(14)15)3-10-2-5/h1-4H,(H,14,15).